The molecule has 0 aliphatic rings. The molecule has 0 radical (unpaired) electrons. The van der Waals surface area contributed by atoms with Crippen LogP contribution in [0.3, 0.4) is 0 Å². The van der Waals surface area contributed by atoms with Crippen LogP contribution < -0.4 is 4.74 Å². The van der Waals surface area contributed by atoms with E-state index in [9.17, 15) is 0 Å². The molecule has 4 nitrogen and oxygen atoms in total. The number of ether oxygens (including phenoxy) is 1. The van der Waals surface area contributed by atoms with E-state index in [0.29, 0.717) is 6.04 Å². The van der Waals surface area contributed by atoms with Gasteiger partial charge in [-0.15, -0.1) is 21.5 Å². The van der Waals surface area contributed by atoms with Gasteiger partial charge in [-0.3, -0.25) is 4.57 Å². The Morgan fingerprint density at radius 3 is 2.68 bits per heavy atom. The Hall–Kier alpha value is -1.79. The van der Waals surface area contributed by atoms with Crippen LogP contribution in [0.5, 0.6) is 5.75 Å². The monoisotopic (exact) mass is 373 g/mol. The van der Waals surface area contributed by atoms with E-state index in [-0.39, 0.29) is 0 Å². The number of thioether (sulfide) groups is 1. The molecule has 0 fully saturated rings. The maximum Gasteiger partial charge on any atom is 0.192 e. The Bertz CT molecular complexity index is 867. The van der Waals surface area contributed by atoms with Gasteiger partial charge in [-0.1, -0.05) is 23.9 Å². The lowest BCUT2D eigenvalue weighted by Gasteiger charge is -2.14. The molecule has 0 N–H and O–H groups in total. The van der Waals surface area contributed by atoms with Crippen LogP contribution in [0.25, 0.3) is 11.4 Å². The molecule has 0 saturated carbocycles. The first kappa shape index (κ1) is 18.0. The van der Waals surface area contributed by atoms with E-state index < -0.39 is 0 Å². The van der Waals surface area contributed by atoms with E-state index >= 15 is 0 Å². The summed E-state index contributed by atoms with van der Waals surface area (Å²) in [6.07, 6.45) is 0. The third kappa shape index (κ3) is 3.75. The summed E-state index contributed by atoms with van der Waals surface area (Å²) in [7, 11) is 1.69. The number of hydrogen-bond donors (Lipinski definition) is 0. The molecule has 1 aromatic carbocycles. The highest BCUT2D eigenvalue weighted by atomic mass is 32.2. The van der Waals surface area contributed by atoms with E-state index in [1.807, 2.05) is 12.1 Å². The number of benzene rings is 1. The van der Waals surface area contributed by atoms with Gasteiger partial charge in [-0.05, 0) is 51.0 Å². The number of methoxy groups -OCH3 is 1. The standard InChI is InChI=1S/C19H23N3OS2/c1-12(2)22-18(17-11-24-14(4)13(17)3)20-21-19(22)25-10-15-7-6-8-16(9-15)23-5/h6-9,11-12H,10H2,1-5H3. The molecule has 2 aromatic heterocycles. The highest BCUT2D eigenvalue weighted by molar-refractivity contribution is 7.98. The normalized spacial score (nSPS) is 11.3. The van der Waals surface area contributed by atoms with Crippen LogP contribution in [0.15, 0.2) is 34.8 Å². The summed E-state index contributed by atoms with van der Waals surface area (Å²) in [4.78, 5) is 1.33. The first-order valence-corrected chi connectivity index (χ1v) is 10.1. The fourth-order valence-electron chi connectivity index (χ4n) is 2.67. The molecule has 2 heterocycles. The van der Waals surface area contributed by atoms with E-state index in [1.54, 1.807) is 30.2 Å². The predicted molar refractivity (Wildman–Crippen MR) is 106 cm³/mol. The van der Waals surface area contributed by atoms with Crippen molar-refractivity contribution < 1.29 is 4.74 Å². The van der Waals surface area contributed by atoms with Crippen molar-refractivity contribution in [1.29, 1.82) is 0 Å². The molecular formula is C19H23N3OS2. The molecule has 132 valence electrons. The maximum absolute atomic E-state index is 5.30. The summed E-state index contributed by atoms with van der Waals surface area (Å²) in [5.74, 6) is 2.68. The zero-order valence-electron chi connectivity index (χ0n) is 15.2. The van der Waals surface area contributed by atoms with Gasteiger partial charge in [0.1, 0.15) is 5.75 Å². The highest BCUT2D eigenvalue weighted by Gasteiger charge is 2.19. The number of aryl methyl sites for hydroxylation is 1. The first-order chi connectivity index (χ1) is 12.0. The van der Waals surface area contributed by atoms with E-state index in [4.69, 9.17) is 4.74 Å². The fourth-order valence-corrected chi connectivity index (χ4v) is 4.54. The Morgan fingerprint density at radius 1 is 1.24 bits per heavy atom. The second kappa shape index (κ2) is 7.62. The molecule has 25 heavy (non-hydrogen) atoms. The number of aromatic nitrogens is 3. The number of thiophene rings is 1. The van der Waals surface area contributed by atoms with Gasteiger partial charge in [0.15, 0.2) is 11.0 Å². The van der Waals surface area contributed by atoms with Crippen molar-refractivity contribution in [3.05, 3.63) is 45.6 Å². The Morgan fingerprint density at radius 2 is 2.04 bits per heavy atom. The Balaban J connectivity index is 1.88. The van der Waals surface area contributed by atoms with Crippen molar-refractivity contribution in [2.45, 2.75) is 44.6 Å². The van der Waals surface area contributed by atoms with Crippen LogP contribution in [0.1, 0.15) is 35.9 Å². The molecule has 0 spiro atoms. The van der Waals surface area contributed by atoms with Gasteiger partial charge in [0.25, 0.3) is 0 Å². The van der Waals surface area contributed by atoms with Gasteiger partial charge in [-0.25, -0.2) is 0 Å². The summed E-state index contributed by atoms with van der Waals surface area (Å²) in [5.41, 5.74) is 3.70. The number of rotatable bonds is 6. The lowest BCUT2D eigenvalue weighted by atomic mass is 10.1. The minimum Gasteiger partial charge on any atom is -0.497 e. The molecule has 0 aliphatic carbocycles. The van der Waals surface area contributed by atoms with Gasteiger partial charge >= 0.3 is 0 Å². The molecule has 0 saturated heterocycles. The van der Waals surface area contributed by atoms with Crippen molar-refractivity contribution in [2.24, 2.45) is 0 Å². The van der Waals surface area contributed by atoms with E-state index in [2.05, 4.69) is 60.0 Å². The minimum absolute atomic E-state index is 0.303. The number of hydrogen-bond acceptors (Lipinski definition) is 5. The zero-order valence-corrected chi connectivity index (χ0v) is 16.9. The summed E-state index contributed by atoms with van der Waals surface area (Å²) in [5, 5.41) is 12.1. The molecule has 6 heteroatoms. The van der Waals surface area contributed by atoms with Crippen LogP contribution in [0, 0.1) is 13.8 Å². The molecule has 3 rings (SSSR count). The van der Waals surface area contributed by atoms with Gasteiger partial charge in [0, 0.05) is 27.6 Å². The third-order valence-corrected chi connectivity index (χ3v) is 6.24. The van der Waals surface area contributed by atoms with Crippen molar-refractivity contribution >= 4 is 23.1 Å². The molecule has 0 amide bonds. The van der Waals surface area contributed by atoms with Crippen molar-refractivity contribution in [2.75, 3.05) is 7.11 Å². The summed E-state index contributed by atoms with van der Waals surface area (Å²) < 4.78 is 7.54. The SMILES string of the molecule is COc1cccc(CSc2nnc(-c3csc(C)c3C)n2C(C)C)c1. The topological polar surface area (TPSA) is 39.9 Å². The first-order valence-electron chi connectivity index (χ1n) is 8.27. The largest absolute Gasteiger partial charge is 0.497 e. The zero-order chi connectivity index (χ0) is 18.0. The van der Waals surface area contributed by atoms with Crippen LogP contribution in [0.2, 0.25) is 0 Å². The summed E-state index contributed by atoms with van der Waals surface area (Å²) >= 11 is 3.48. The van der Waals surface area contributed by atoms with Crippen LogP contribution in [-0.2, 0) is 5.75 Å². The molecular weight excluding hydrogens is 350 g/mol. The van der Waals surface area contributed by atoms with Gasteiger partial charge in [-0.2, -0.15) is 0 Å². The highest BCUT2D eigenvalue weighted by Crippen LogP contribution is 2.34. The second-order valence-corrected chi connectivity index (χ2v) is 8.27. The Labute approximate surface area is 157 Å². The van der Waals surface area contributed by atoms with Gasteiger partial charge in [0.2, 0.25) is 0 Å². The molecule has 0 unspecified atom stereocenters. The molecule has 0 atom stereocenters. The van der Waals surface area contributed by atoms with Crippen LogP contribution in [0.4, 0.5) is 0 Å². The average Bonchev–Trinajstić information content (AvgIpc) is 3.17. The lowest BCUT2D eigenvalue weighted by molar-refractivity contribution is 0.414. The molecule has 0 bridgehead atoms. The lowest BCUT2D eigenvalue weighted by Crippen LogP contribution is -2.05. The summed E-state index contributed by atoms with van der Waals surface area (Å²) in [6, 6.07) is 8.46. The third-order valence-electron chi connectivity index (χ3n) is 4.21. The maximum atomic E-state index is 5.30. The quantitative estimate of drug-likeness (QED) is 0.535. The second-order valence-electron chi connectivity index (χ2n) is 6.24. The van der Waals surface area contributed by atoms with Gasteiger partial charge in [0.05, 0.1) is 7.11 Å². The smallest absolute Gasteiger partial charge is 0.192 e. The fraction of sp³-hybridized carbons (Fsp3) is 0.368. The summed E-state index contributed by atoms with van der Waals surface area (Å²) in [6.45, 7) is 8.66. The minimum atomic E-state index is 0.303. The van der Waals surface area contributed by atoms with Crippen molar-refractivity contribution in [1.82, 2.24) is 14.8 Å². The van der Waals surface area contributed by atoms with Crippen LogP contribution >= 0.6 is 23.1 Å². The predicted octanol–water partition coefficient (Wildman–Crippen LogP) is 5.51. The van der Waals surface area contributed by atoms with Gasteiger partial charge < -0.3 is 4.74 Å². The van der Waals surface area contributed by atoms with E-state index in [1.165, 1.54) is 21.6 Å². The van der Waals surface area contributed by atoms with E-state index in [0.717, 1.165) is 22.5 Å². The average molecular weight is 374 g/mol. The molecule has 0 aliphatic heterocycles. The molecule has 3 aromatic rings. The number of nitrogens with zero attached hydrogens (tertiary/aromatic N) is 3. The van der Waals surface area contributed by atoms with Crippen LogP contribution in [-0.4, -0.2) is 21.9 Å². The Kier molecular flexibility index (Phi) is 5.49. The van der Waals surface area contributed by atoms with Crippen molar-refractivity contribution in [3.8, 4) is 17.1 Å². The van der Waals surface area contributed by atoms with Crippen molar-refractivity contribution in [3.63, 3.8) is 0 Å².